The summed E-state index contributed by atoms with van der Waals surface area (Å²) in [7, 11) is 0. The smallest absolute Gasteiger partial charge is 0.261 e. The molecule has 6 heteroatoms. The summed E-state index contributed by atoms with van der Waals surface area (Å²) in [5.41, 5.74) is 1.05. The van der Waals surface area contributed by atoms with Crippen LogP contribution in [0.5, 0.6) is 0 Å². The van der Waals surface area contributed by atoms with Crippen LogP contribution in [0.4, 0.5) is 5.69 Å². The third kappa shape index (κ3) is 1.99. The number of hydrogen-bond acceptors (Lipinski definition) is 3. The van der Waals surface area contributed by atoms with Crippen LogP contribution < -0.4 is 10.7 Å². The lowest BCUT2D eigenvalue weighted by atomic mass is 10.2. The van der Waals surface area contributed by atoms with Crippen LogP contribution in [0.1, 0.15) is 10.4 Å². The number of nitrogens with zero attached hydrogens (tertiary/aromatic N) is 1. The van der Waals surface area contributed by atoms with Gasteiger partial charge in [-0.05, 0) is 6.07 Å². The number of benzene rings is 1. The number of carbonyl (C=O) groups excluding carboxylic acids is 1. The van der Waals surface area contributed by atoms with Gasteiger partial charge in [0.15, 0.2) is 5.43 Å². The second-order valence-electron chi connectivity index (χ2n) is 4.02. The van der Waals surface area contributed by atoms with Crippen LogP contribution in [-0.4, -0.2) is 21.1 Å². The molecule has 0 radical (unpaired) electrons. The summed E-state index contributed by atoms with van der Waals surface area (Å²) in [6.07, 6.45) is 4.53. The third-order valence-electron chi connectivity index (χ3n) is 2.79. The van der Waals surface area contributed by atoms with Crippen molar-refractivity contribution in [2.45, 2.75) is 0 Å². The van der Waals surface area contributed by atoms with Crippen molar-refractivity contribution in [1.82, 2.24) is 15.2 Å². The number of nitrogens with one attached hydrogen (secondary N) is 3. The van der Waals surface area contributed by atoms with Gasteiger partial charge in [-0.15, -0.1) is 0 Å². The van der Waals surface area contributed by atoms with Gasteiger partial charge in [0.1, 0.15) is 5.56 Å². The van der Waals surface area contributed by atoms with E-state index in [1.165, 1.54) is 18.5 Å². The van der Waals surface area contributed by atoms with Gasteiger partial charge in [-0.25, -0.2) is 0 Å². The fraction of sp³-hybridized carbons (Fsp3) is 0. The summed E-state index contributed by atoms with van der Waals surface area (Å²) >= 11 is 0. The number of aromatic amines is 2. The average molecular weight is 254 g/mol. The summed E-state index contributed by atoms with van der Waals surface area (Å²) in [5.74, 6) is -0.455. The van der Waals surface area contributed by atoms with E-state index in [9.17, 15) is 9.59 Å². The molecule has 3 aromatic rings. The van der Waals surface area contributed by atoms with Crippen molar-refractivity contribution in [2.24, 2.45) is 0 Å². The summed E-state index contributed by atoms with van der Waals surface area (Å²) in [4.78, 5) is 26.3. The Morgan fingerprint density at radius 2 is 2.16 bits per heavy atom. The number of hydrogen-bond donors (Lipinski definition) is 3. The molecule has 0 aliphatic heterocycles. The molecule has 0 atom stereocenters. The van der Waals surface area contributed by atoms with Gasteiger partial charge in [-0.3, -0.25) is 14.7 Å². The highest BCUT2D eigenvalue weighted by Crippen LogP contribution is 2.20. The summed E-state index contributed by atoms with van der Waals surface area (Å²) in [6, 6.07) is 6.74. The Kier molecular flexibility index (Phi) is 2.60. The molecular weight excluding hydrogens is 244 g/mol. The minimum Gasteiger partial charge on any atom is -0.367 e. The van der Waals surface area contributed by atoms with Gasteiger partial charge in [0.05, 0.1) is 17.4 Å². The molecule has 2 aromatic heterocycles. The maximum absolute atomic E-state index is 12.0. The van der Waals surface area contributed by atoms with Crippen LogP contribution in [0.2, 0.25) is 0 Å². The normalized spacial score (nSPS) is 10.5. The fourth-order valence-corrected chi connectivity index (χ4v) is 1.86. The summed E-state index contributed by atoms with van der Waals surface area (Å²) < 4.78 is 0. The molecule has 19 heavy (non-hydrogen) atoms. The first-order chi connectivity index (χ1) is 9.25. The number of anilines is 1. The van der Waals surface area contributed by atoms with Crippen molar-refractivity contribution in [3.63, 3.8) is 0 Å². The van der Waals surface area contributed by atoms with E-state index in [1.54, 1.807) is 12.3 Å². The number of fused-ring (bicyclic) bond motifs is 1. The number of rotatable bonds is 2. The maximum Gasteiger partial charge on any atom is 0.261 e. The topological polar surface area (TPSA) is 90.6 Å². The van der Waals surface area contributed by atoms with E-state index < -0.39 is 5.91 Å². The second-order valence-corrected chi connectivity index (χ2v) is 4.02. The quantitative estimate of drug-likeness (QED) is 0.647. The number of amides is 1. The number of para-hydroxylation sites is 1. The van der Waals surface area contributed by atoms with Crippen LogP contribution in [0, 0.1) is 0 Å². The molecular formula is C13H10N4O2. The molecule has 1 amide bonds. The monoisotopic (exact) mass is 254 g/mol. The Morgan fingerprint density at radius 3 is 3.00 bits per heavy atom. The van der Waals surface area contributed by atoms with Crippen LogP contribution >= 0.6 is 0 Å². The molecule has 94 valence electrons. The first kappa shape index (κ1) is 11.2. The van der Waals surface area contributed by atoms with E-state index in [4.69, 9.17) is 0 Å². The molecule has 0 saturated heterocycles. The maximum atomic E-state index is 12.0. The number of H-pyrrole nitrogens is 2. The third-order valence-corrected chi connectivity index (χ3v) is 2.79. The van der Waals surface area contributed by atoms with Crippen molar-refractivity contribution in [3.8, 4) is 0 Å². The predicted molar refractivity (Wildman–Crippen MR) is 71.1 cm³/mol. The lowest BCUT2D eigenvalue weighted by Gasteiger charge is -2.05. The van der Waals surface area contributed by atoms with Gasteiger partial charge in [0.2, 0.25) is 0 Å². The Balaban J connectivity index is 1.98. The molecule has 0 unspecified atom stereocenters. The number of carbonyl (C=O) groups is 1. The highest BCUT2D eigenvalue weighted by atomic mass is 16.2. The first-order valence-corrected chi connectivity index (χ1v) is 5.66. The van der Waals surface area contributed by atoms with E-state index in [0.29, 0.717) is 5.69 Å². The summed E-state index contributed by atoms with van der Waals surface area (Å²) in [5, 5.41) is 10.3. The Bertz CT molecular complexity index is 803. The van der Waals surface area contributed by atoms with Gasteiger partial charge in [0.25, 0.3) is 5.91 Å². The Morgan fingerprint density at radius 1 is 1.26 bits per heavy atom. The molecule has 0 saturated carbocycles. The van der Waals surface area contributed by atoms with Gasteiger partial charge in [0, 0.05) is 23.8 Å². The molecule has 3 rings (SSSR count). The second kappa shape index (κ2) is 4.41. The van der Waals surface area contributed by atoms with Gasteiger partial charge in [-0.2, -0.15) is 5.10 Å². The molecule has 0 bridgehead atoms. The van der Waals surface area contributed by atoms with E-state index in [0.717, 1.165) is 10.9 Å². The minimum atomic E-state index is -0.455. The molecule has 3 N–H and O–H groups in total. The zero-order valence-electron chi connectivity index (χ0n) is 9.81. The molecule has 0 aliphatic carbocycles. The van der Waals surface area contributed by atoms with Crippen molar-refractivity contribution in [3.05, 3.63) is 58.6 Å². The molecule has 0 spiro atoms. The van der Waals surface area contributed by atoms with Gasteiger partial charge >= 0.3 is 0 Å². The van der Waals surface area contributed by atoms with Crippen molar-refractivity contribution in [1.29, 1.82) is 0 Å². The first-order valence-electron chi connectivity index (χ1n) is 5.66. The SMILES string of the molecule is O=C(Nc1cccc2cn[nH]c12)c1c[nH]ccc1=O. The molecule has 6 nitrogen and oxygen atoms in total. The predicted octanol–water partition coefficient (Wildman–Crippen LogP) is 1.50. The van der Waals surface area contributed by atoms with Crippen LogP contribution in [0.15, 0.2) is 47.7 Å². The standard InChI is InChI=1S/C13H10N4O2/c18-11-4-5-14-7-9(11)13(19)16-10-3-1-2-8-6-15-17-12(8)10/h1-7H,(H,14,18)(H,15,17)(H,16,19). The largest absolute Gasteiger partial charge is 0.367 e. The highest BCUT2D eigenvalue weighted by Gasteiger charge is 2.11. The van der Waals surface area contributed by atoms with Gasteiger partial charge in [-0.1, -0.05) is 12.1 Å². The molecule has 0 aliphatic rings. The Hall–Kier alpha value is -2.89. The van der Waals surface area contributed by atoms with Crippen LogP contribution in [-0.2, 0) is 0 Å². The van der Waals surface area contributed by atoms with Crippen LogP contribution in [0.25, 0.3) is 10.9 Å². The fourth-order valence-electron chi connectivity index (χ4n) is 1.86. The molecule has 0 fully saturated rings. The summed E-state index contributed by atoms with van der Waals surface area (Å²) in [6.45, 7) is 0. The van der Waals surface area contributed by atoms with Crippen molar-refractivity contribution < 1.29 is 4.79 Å². The van der Waals surface area contributed by atoms with E-state index in [1.807, 2.05) is 12.1 Å². The van der Waals surface area contributed by atoms with E-state index in [2.05, 4.69) is 20.5 Å². The molecule has 2 heterocycles. The van der Waals surface area contributed by atoms with E-state index >= 15 is 0 Å². The number of aromatic nitrogens is 3. The minimum absolute atomic E-state index is 0.0685. The van der Waals surface area contributed by atoms with E-state index in [-0.39, 0.29) is 11.0 Å². The van der Waals surface area contributed by atoms with Crippen LogP contribution in [0.3, 0.4) is 0 Å². The lowest BCUT2D eigenvalue weighted by molar-refractivity contribution is 0.102. The highest BCUT2D eigenvalue weighted by molar-refractivity contribution is 6.07. The van der Waals surface area contributed by atoms with Gasteiger partial charge < -0.3 is 10.3 Å². The number of pyridine rings is 1. The molecule has 1 aromatic carbocycles. The zero-order chi connectivity index (χ0) is 13.2. The average Bonchev–Trinajstić information content (AvgIpc) is 2.88. The lowest BCUT2D eigenvalue weighted by Crippen LogP contribution is -2.20. The zero-order valence-corrected chi connectivity index (χ0v) is 9.81. The van der Waals surface area contributed by atoms with Crippen molar-refractivity contribution in [2.75, 3.05) is 5.32 Å². The Labute approximate surface area is 107 Å². The van der Waals surface area contributed by atoms with Crippen molar-refractivity contribution >= 4 is 22.5 Å².